The SMILES string of the molecule is C=C/C(C)=C(/CC)C(C)N(C=C)C(C)C. The lowest BCUT2D eigenvalue weighted by Gasteiger charge is -2.33. The normalized spacial score (nSPS) is 14.5. The van der Waals surface area contributed by atoms with Crippen LogP contribution in [0.25, 0.3) is 0 Å². The summed E-state index contributed by atoms with van der Waals surface area (Å²) < 4.78 is 0. The van der Waals surface area contributed by atoms with Crippen LogP contribution in [0.2, 0.25) is 0 Å². The zero-order chi connectivity index (χ0) is 12.0. The molecule has 86 valence electrons. The molecule has 0 amide bonds. The van der Waals surface area contributed by atoms with Crippen LogP contribution in [-0.2, 0) is 0 Å². The summed E-state index contributed by atoms with van der Waals surface area (Å²) in [7, 11) is 0. The third-order valence-corrected chi connectivity index (χ3v) is 2.95. The second kappa shape index (κ2) is 6.49. The molecule has 15 heavy (non-hydrogen) atoms. The van der Waals surface area contributed by atoms with E-state index in [1.54, 1.807) is 0 Å². The number of allylic oxidation sites excluding steroid dienone is 2. The summed E-state index contributed by atoms with van der Waals surface area (Å²) in [6, 6.07) is 0.891. The van der Waals surface area contributed by atoms with Gasteiger partial charge in [0.15, 0.2) is 0 Å². The van der Waals surface area contributed by atoms with E-state index in [1.807, 2.05) is 12.3 Å². The molecule has 0 aliphatic heterocycles. The van der Waals surface area contributed by atoms with Crippen molar-refractivity contribution in [1.82, 2.24) is 4.90 Å². The fraction of sp³-hybridized carbons (Fsp3) is 0.571. The molecule has 0 rings (SSSR count). The van der Waals surface area contributed by atoms with E-state index in [4.69, 9.17) is 0 Å². The molecule has 0 radical (unpaired) electrons. The first-order valence-corrected chi connectivity index (χ1v) is 5.71. The van der Waals surface area contributed by atoms with Gasteiger partial charge in [-0.15, -0.1) is 0 Å². The van der Waals surface area contributed by atoms with Gasteiger partial charge in [-0.1, -0.05) is 31.7 Å². The van der Waals surface area contributed by atoms with Crippen LogP contribution in [0.5, 0.6) is 0 Å². The van der Waals surface area contributed by atoms with Crippen LogP contribution < -0.4 is 0 Å². The highest BCUT2D eigenvalue weighted by atomic mass is 15.2. The Labute approximate surface area is 95.2 Å². The van der Waals surface area contributed by atoms with Crippen molar-refractivity contribution in [3.05, 3.63) is 36.6 Å². The molecule has 1 heteroatoms. The van der Waals surface area contributed by atoms with E-state index in [0.717, 1.165) is 6.42 Å². The van der Waals surface area contributed by atoms with Gasteiger partial charge in [-0.2, -0.15) is 0 Å². The van der Waals surface area contributed by atoms with Crippen molar-refractivity contribution >= 4 is 0 Å². The minimum absolute atomic E-state index is 0.408. The first kappa shape index (κ1) is 14.0. The minimum atomic E-state index is 0.408. The van der Waals surface area contributed by atoms with Gasteiger partial charge in [0, 0.05) is 12.1 Å². The Morgan fingerprint density at radius 2 is 1.80 bits per heavy atom. The van der Waals surface area contributed by atoms with Crippen LogP contribution in [0.3, 0.4) is 0 Å². The molecule has 0 bridgehead atoms. The summed E-state index contributed by atoms with van der Waals surface area (Å²) in [5.41, 5.74) is 2.73. The monoisotopic (exact) mass is 207 g/mol. The molecule has 0 spiro atoms. The maximum Gasteiger partial charge on any atom is 0.0476 e. The van der Waals surface area contributed by atoms with Crippen molar-refractivity contribution in [2.75, 3.05) is 0 Å². The van der Waals surface area contributed by atoms with Crippen molar-refractivity contribution < 1.29 is 0 Å². The number of nitrogens with zero attached hydrogens (tertiary/aromatic N) is 1. The standard InChI is InChI=1S/C14H25N/c1-8-12(6)14(9-2)13(7)15(10-3)11(4)5/h8,10-11,13H,1,3,9H2,2,4-7H3/b14-12-. The van der Waals surface area contributed by atoms with Crippen molar-refractivity contribution in [1.29, 1.82) is 0 Å². The van der Waals surface area contributed by atoms with Gasteiger partial charge in [0.25, 0.3) is 0 Å². The third-order valence-electron chi connectivity index (χ3n) is 2.95. The largest absolute Gasteiger partial charge is 0.369 e. The number of hydrogen-bond acceptors (Lipinski definition) is 1. The van der Waals surface area contributed by atoms with Crippen LogP contribution in [0.4, 0.5) is 0 Å². The topological polar surface area (TPSA) is 3.24 Å². The smallest absolute Gasteiger partial charge is 0.0476 e. The molecule has 1 nitrogen and oxygen atoms in total. The zero-order valence-electron chi connectivity index (χ0n) is 10.9. The lowest BCUT2D eigenvalue weighted by atomic mass is 9.98. The molecule has 0 aromatic heterocycles. The Bertz CT molecular complexity index is 248. The molecule has 0 heterocycles. The highest BCUT2D eigenvalue weighted by molar-refractivity contribution is 5.26. The van der Waals surface area contributed by atoms with E-state index < -0.39 is 0 Å². The average Bonchev–Trinajstić information content (AvgIpc) is 2.19. The first-order valence-electron chi connectivity index (χ1n) is 5.71. The molecular formula is C14H25N. The fourth-order valence-corrected chi connectivity index (χ4v) is 2.03. The number of rotatable bonds is 6. The van der Waals surface area contributed by atoms with E-state index in [1.165, 1.54) is 11.1 Å². The van der Waals surface area contributed by atoms with Crippen molar-refractivity contribution in [3.63, 3.8) is 0 Å². The summed E-state index contributed by atoms with van der Waals surface area (Å²) in [5, 5.41) is 0. The van der Waals surface area contributed by atoms with Gasteiger partial charge in [0.2, 0.25) is 0 Å². The van der Waals surface area contributed by atoms with Gasteiger partial charge < -0.3 is 4.90 Å². The summed E-state index contributed by atoms with van der Waals surface area (Å²) in [5.74, 6) is 0. The molecule has 0 saturated heterocycles. The van der Waals surface area contributed by atoms with Crippen LogP contribution in [0.1, 0.15) is 41.0 Å². The van der Waals surface area contributed by atoms with Gasteiger partial charge in [0.05, 0.1) is 0 Å². The molecule has 0 aliphatic carbocycles. The molecule has 1 atom stereocenters. The molecule has 0 aromatic rings. The van der Waals surface area contributed by atoms with E-state index in [2.05, 4.69) is 52.7 Å². The zero-order valence-corrected chi connectivity index (χ0v) is 10.9. The molecule has 0 aromatic carbocycles. The highest BCUT2D eigenvalue weighted by Crippen LogP contribution is 2.20. The summed E-state index contributed by atoms with van der Waals surface area (Å²) in [4.78, 5) is 2.28. The van der Waals surface area contributed by atoms with Crippen LogP contribution >= 0.6 is 0 Å². The Morgan fingerprint density at radius 1 is 1.27 bits per heavy atom. The highest BCUT2D eigenvalue weighted by Gasteiger charge is 2.16. The summed E-state index contributed by atoms with van der Waals surface area (Å²) in [6.07, 6.45) is 4.94. The maximum atomic E-state index is 3.88. The lowest BCUT2D eigenvalue weighted by Crippen LogP contribution is -2.35. The Morgan fingerprint density at radius 3 is 2.07 bits per heavy atom. The predicted octanol–water partition coefficient (Wildman–Crippen LogP) is 4.14. The van der Waals surface area contributed by atoms with Gasteiger partial charge >= 0.3 is 0 Å². The molecule has 1 unspecified atom stereocenters. The van der Waals surface area contributed by atoms with E-state index in [-0.39, 0.29) is 0 Å². The minimum Gasteiger partial charge on any atom is -0.369 e. The molecule has 0 N–H and O–H groups in total. The number of hydrogen-bond donors (Lipinski definition) is 0. The van der Waals surface area contributed by atoms with Crippen molar-refractivity contribution in [3.8, 4) is 0 Å². The molecule has 0 aliphatic rings. The fourth-order valence-electron chi connectivity index (χ4n) is 2.03. The molecule has 0 saturated carbocycles. The van der Waals surface area contributed by atoms with Crippen LogP contribution in [0.15, 0.2) is 36.6 Å². The van der Waals surface area contributed by atoms with Crippen LogP contribution in [0, 0.1) is 0 Å². The third kappa shape index (κ3) is 3.58. The second-order valence-electron chi connectivity index (χ2n) is 4.17. The van der Waals surface area contributed by atoms with Gasteiger partial charge in [-0.05, 0) is 45.9 Å². The van der Waals surface area contributed by atoms with Crippen LogP contribution in [-0.4, -0.2) is 17.0 Å². The van der Waals surface area contributed by atoms with E-state index in [0.29, 0.717) is 12.1 Å². The van der Waals surface area contributed by atoms with Gasteiger partial charge in [-0.25, -0.2) is 0 Å². The lowest BCUT2D eigenvalue weighted by molar-refractivity contribution is 0.265. The second-order valence-corrected chi connectivity index (χ2v) is 4.17. The molecular weight excluding hydrogens is 182 g/mol. The Hall–Kier alpha value is -0.980. The van der Waals surface area contributed by atoms with Gasteiger partial charge in [-0.3, -0.25) is 0 Å². The Balaban J connectivity index is 5.01. The van der Waals surface area contributed by atoms with E-state index in [9.17, 15) is 0 Å². The molecule has 0 fully saturated rings. The first-order chi connectivity index (χ1) is 6.99. The average molecular weight is 207 g/mol. The van der Waals surface area contributed by atoms with E-state index >= 15 is 0 Å². The Kier molecular flexibility index (Phi) is 6.07. The van der Waals surface area contributed by atoms with Crippen molar-refractivity contribution in [2.45, 2.75) is 53.1 Å². The van der Waals surface area contributed by atoms with Crippen molar-refractivity contribution in [2.24, 2.45) is 0 Å². The van der Waals surface area contributed by atoms with Gasteiger partial charge in [0.1, 0.15) is 0 Å². The maximum absolute atomic E-state index is 3.88. The summed E-state index contributed by atoms with van der Waals surface area (Å²) in [6.45, 7) is 18.7. The quantitative estimate of drug-likeness (QED) is 0.592. The summed E-state index contributed by atoms with van der Waals surface area (Å²) >= 11 is 0. The predicted molar refractivity (Wildman–Crippen MR) is 69.8 cm³/mol.